The maximum atomic E-state index is 12.8. The first kappa shape index (κ1) is 27.1. The lowest BCUT2D eigenvalue weighted by molar-refractivity contribution is -0.131. The summed E-state index contributed by atoms with van der Waals surface area (Å²) in [6, 6.07) is 25.0. The molecule has 2 atom stereocenters. The summed E-state index contributed by atoms with van der Waals surface area (Å²) >= 11 is 0. The van der Waals surface area contributed by atoms with Gasteiger partial charge in [0.1, 0.15) is 5.75 Å². The van der Waals surface area contributed by atoms with Crippen LogP contribution in [0.1, 0.15) is 30.6 Å². The minimum absolute atomic E-state index is 0.00108. The Morgan fingerprint density at radius 2 is 1.79 bits per heavy atom. The van der Waals surface area contributed by atoms with Crippen molar-refractivity contribution in [2.45, 2.75) is 26.0 Å². The standard InChI is InChI=1S/C31H34N2O5/c1-23(9-8-14-29(35)32(19-20-34)21-24-10-4-3-5-11-24)31(37-2)25-15-17-26(18-16-25)33-27-12-6-7-13-28(27)38-22-30(33)36/h3-13,15-18,23,31,34H,14,19-22H2,1-2H3/b9-8+/t23-,31+/m1/s1. The lowest BCUT2D eigenvalue weighted by atomic mass is 9.96. The Bertz CT molecular complexity index is 1240. The van der Waals surface area contributed by atoms with E-state index >= 15 is 0 Å². The largest absolute Gasteiger partial charge is 0.482 e. The molecule has 0 saturated carbocycles. The first-order valence-electron chi connectivity index (χ1n) is 12.8. The number of fused-ring (bicyclic) bond motifs is 1. The first-order chi connectivity index (χ1) is 18.5. The molecule has 3 aromatic rings. The van der Waals surface area contributed by atoms with Gasteiger partial charge >= 0.3 is 0 Å². The van der Waals surface area contributed by atoms with Gasteiger partial charge in [-0.25, -0.2) is 0 Å². The van der Waals surface area contributed by atoms with E-state index in [1.54, 1.807) is 16.9 Å². The number of carbonyl (C=O) groups is 2. The Kier molecular flexibility index (Phi) is 9.30. The average molecular weight is 515 g/mol. The van der Waals surface area contributed by atoms with Crippen LogP contribution in [-0.4, -0.2) is 48.7 Å². The monoisotopic (exact) mass is 514 g/mol. The molecule has 0 bridgehead atoms. The molecular weight excluding hydrogens is 480 g/mol. The molecule has 198 valence electrons. The molecule has 0 spiro atoms. The highest BCUT2D eigenvalue weighted by Gasteiger charge is 2.27. The number of amides is 2. The van der Waals surface area contributed by atoms with Gasteiger partial charge < -0.3 is 19.5 Å². The molecule has 1 aliphatic rings. The SMILES string of the molecule is CO[C@H](c1ccc(N2C(=O)COc3ccccc32)cc1)[C@H](C)/C=C/CC(=O)N(CCO)Cc1ccccc1. The smallest absolute Gasteiger partial charge is 0.269 e. The van der Waals surface area contributed by atoms with E-state index in [0.29, 0.717) is 18.8 Å². The van der Waals surface area contributed by atoms with E-state index in [9.17, 15) is 14.7 Å². The molecule has 7 nitrogen and oxygen atoms in total. The van der Waals surface area contributed by atoms with Gasteiger partial charge in [0, 0.05) is 38.2 Å². The number of benzene rings is 3. The highest BCUT2D eigenvalue weighted by molar-refractivity contribution is 6.04. The third-order valence-corrected chi connectivity index (χ3v) is 6.59. The molecule has 1 aliphatic heterocycles. The normalized spacial score (nSPS) is 14.6. The molecule has 0 unspecified atom stereocenters. The van der Waals surface area contributed by atoms with Crippen molar-refractivity contribution >= 4 is 23.2 Å². The minimum Gasteiger partial charge on any atom is -0.482 e. The Hall–Kier alpha value is -3.94. The van der Waals surface area contributed by atoms with Gasteiger partial charge in [0.15, 0.2) is 6.61 Å². The fourth-order valence-electron chi connectivity index (χ4n) is 4.68. The van der Waals surface area contributed by atoms with Crippen molar-refractivity contribution in [3.05, 3.63) is 102 Å². The van der Waals surface area contributed by atoms with E-state index in [-0.39, 0.29) is 43.5 Å². The van der Waals surface area contributed by atoms with E-state index in [4.69, 9.17) is 9.47 Å². The van der Waals surface area contributed by atoms with Crippen LogP contribution in [0.5, 0.6) is 5.75 Å². The number of nitrogens with zero attached hydrogens (tertiary/aromatic N) is 2. The van der Waals surface area contributed by atoms with Crippen LogP contribution in [0, 0.1) is 5.92 Å². The average Bonchev–Trinajstić information content (AvgIpc) is 2.94. The molecule has 0 fully saturated rings. The van der Waals surface area contributed by atoms with Crippen molar-refractivity contribution in [1.29, 1.82) is 0 Å². The zero-order valence-electron chi connectivity index (χ0n) is 21.8. The van der Waals surface area contributed by atoms with E-state index in [1.165, 1.54) is 0 Å². The molecule has 4 rings (SSSR count). The number of aliphatic hydroxyl groups excluding tert-OH is 1. The second kappa shape index (κ2) is 13.0. The van der Waals surface area contributed by atoms with Crippen LogP contribution >= 0.6 is 0 Å². The van der Waals surface area contributed by atoms with Gasteiger partial charge in [0.25, 0.3) is 5.91 Å². The maximum Gasteiger partial charge on any atom is 0.269 e. The van der Waals surface area contributed by atoms with E-state index in [2.05, 4.69) is 0 Å². The number of aliphatic hydroxyl groups is 1. The Morgan fingerprint density at radius 3 is 2.50 bits per heavy atom. The second-order valence-corrected chi connectivity index (χ2v) is 9.25. The highest BCUT2D eigenvalue weighted by Crippen LogP contribution is 2.37. The summed E-state index contributed by atoms with van der Waals surface area (Å²) in [6.07, 6.45) is 3.87. The molecule has 0 radical (unpaired) electrons. The molecule has 2 amide bonds. The van der Waals surface area contributed by atoms with Crippen LogP contribution in [0.2, 0.25) is 0 Å². The number of carbonyl (C=O) groups excluding carboxylic acids is 2. The van der Waals surface area contributed by atoms with Crippen LogP contribution in [0.3, 0.4) is 0 Å². The van der Waals surface area contributed by atoms with Gasteiger partial charge in [0.2, 0.25) is 5.91 Å². The Labute approximate surface area is 223 Å². The van der Waals surface area contributed by atoms with E-state index in [1.807, 2.05) is 97.9 Å². The van der Waals surface area contributed by atoms with Crippen molar-refractivity contribution in [3.63, 3.8) is 0 Å². The van der Waals surface area contributed by atoms with Gasteiger partial charge in [-0.05, 0) is 35.4 Å². The number of rotatable bonds is 11. The van der Waals surface area contributed by atoms with E-state index in [0.717, 1.165) is 22.5 Å². The quantitative estimate of drug-likeness (QED) is 0.363. The van der Waals surface area contributed by atoms with Crippen LogP contribution in [0.25, 0.3) is 0 Å². The summed E-state index contributed by atoms with van der Waals surface area (Å²) < 4.78 is 11.4. The molecule has 0 aromatic heterocycles. The van der Waals surface area contributed by atoms with Crippen molar-refractivity contribution in [2.75, 3.05) is 31.8 Å². The lowest BCUT2D eigenvalue weighted by Crippen LogP contribution is -2.35. The van der Waals surface area contributed by atoms with Crippen molar-refractivity contribution in [2.24, 2.45) is 5.92 Å². The predicted molar refractivity (Wildman–Crippen MR) is 147 cm³/mol. The summed E-state index contributed by atoms with van der Waals surface area (Å²) in [5.41, 5.74) is 3.49. The lowest BCUT2D eigenvalue weighted by Gasteiger charge is -2.29. The molecule has 1 heterocycles. The van der Waals surface area contributed by atoms with Gasteiger partial charge in [-0.2, -0.15) is 0 Å². The van der Waals surface area contributed by atoms with Gasteiger partial charge in [-0.3, -0.25) is 14.5 Å². The van der Waals surface area contributed by atoms with Gasteiger partial charge in [-0.15, -0.1) is 0 Å². The van der Waals surface area contributed by atoms with Gasteiger partial charge in [-0.1, -0.05) is 73.7 Å². The van der Waals surface area contributed by atoms with Crippen LogP contribution < -0.4 is 9.64 Å². The Balaban J connectivity index is 1.40. The van der Waals surface area contributed by atoms with Crippen molar-refractivity contribution in [3.8, 4) is 5.75 Å². The van der Waals surface area contributed by atoms with Crippen LogP contribution in [0.15, 0.2) is 91.0 Å². The number of para-hydroxylation sites is 2. The maximum absolute atomic E-state index is 12.8. The molecule has 38 heavy (non-hydrogen) atoms. The molecule has 0 saturated heterocycles. The summed E-state index contributed by atoms with van der Waals surface area (Å²) in [4.78, 5) is 28.8. The molecule has 0 aliphatic carbocycles. The van der Waals surface area contributed by atoms with Crippen LogP contribution in [-0.2, 0) is 20.9 Å². The number of methoxy groups -OCH3 is 1. The van der Waals surface area contributed by atoms with Crippen LogP contribution in [0.4, 0.5) is 11.4 Å². The fraction of sp³-hybridized carbons (Fsp3) is 0.290. The zero-order chi connectivity index (χ0) is 26.9. The summed E-state index contributed by atoms with van der Waals surface area (Å²) in [7, 11) is 1.67. The van der Waals surface area contributed by atoms with Gasteiger partial charge in [0.05, 0.1) is 18.4 Å². The number of hydrogen-bond acceptors (Lipinski definition) is 5. The summed E-state index contributed by atoms with van der Waals surface area (Å²) in [5, 5.41) is 9.42. The Morgan fingerprint density at radius 1 is 1.08 bits per heavy atom. The summed E-state index contributed by atoms with van der Waals surface area (Å²) in [5.74, 6) is 0.522. The number of ether oxygens (including phenoxy) is 2. The molecule has 7 heteroatoms. The number of anilines is 2. The fourth-order valence-corrected chi connectivity index (χ4v) is 4.68. The molecular formula is C31H34N2O5. The van der Waals surface area contributed by atoms with Crippen molar-refractivity contribution in [1.82, 2.24) is 4.90 Å². The first-order valence-corrected chi connectivity index (χ1v) is 12.8. The third-order valence-electron chi connectivity index (χ3n) is 6.59. The number of hydrogen-bond donors (Lipinski definition) is 1. The molecule has 1 N–H and O–H groups in total. The third kappa shape index (κ3) is 6.49. The molecule has 3 aromatic carbocycles. The van der Waals surface area contributed by atoms with Crippen molar-refractivity contribution < 1.29 is 24.2 Å². The van der Waals surface area contributed by atoms with E-state index < -0.39 is 0 Å². The zero-order valence-corrected chi connectivity index (χ0v) is 21.8. The predicted octanol–water partition coefficient (Wildman–Crippen LogP) is 5.03. The second-order valence-electron chi connectivity index (χ2n) is 9.25. The minimum atomic E-state index is -0.221. The summed E-state index contributed by atoms with van der Waals surface area (Å²) in [6.45, 7) is 2.72. The highest BCUT2D eigenvalue weighted by atomic mass is 16.5. The topological polar surface area (TPSA) is 79.3 Å².